The molecule has 0 aromatic heterocycles. The summed E-state index contributed by atoms with van der Waals surface area (Å²) in [7, 11) is -4.77. The van der Waals surface area contributed by atoms with Gasteiger partial charge < -0.3 is 24.4 Å². The molecule has 3 N–H and O–H groups in total. The van der Waals surface area contributed by atoms with Crippen LogP contribution in [0.25, 0.3) is 0 Å². The summed E-state index contributed by atoms with van der Waals surface area (Å²) in [6, 6.07) is 0. The van der Waals surface area contributed by atoms with E-state index in [1.165, 1.54) is 64.2 Å². The molecule has 0 radical (unpaired) electrons. The maximum atomic E-state index is 12.4. The van der Waals surface area contributed by atoms with E-state index in [0.29, 0.717) is 19.3 Å². The quantitative estimate of drug-likeness (QED) is 0.0187. The lowest BCUT2D eigenvalue weighted by Crippen LogP contribution is -2.29. The Morgan fingerprint density at radius 2 is 1.17 bits per heavy atom. The highest BCUT2D eigenvalue weighted by Gasteiger charge is 2.22. The molecule has 52 heavy (non-hydrogen) atoms. The predicted molar refractivity (Wildman–Crippen MR) is 213 cm³/mol. The van der Waals surface area contributed by atoms with Gasteiger partial charge in [-0.15, -0.1) is 0 Å². The molecule has 0 aliphatic heterocycles. The van der Waals surface area contributed by atoms with Crippen molar-refractivity contribution >= 4 is 19.8 Å². The molecule has 0 rings (SSSR count). The molecule has 10 heteroatoms. The van der Waals surface area contributed by atoms with Crippen LogP contribution in [0.4, 0.5) is 0 Å². The Kier molecular flexibility index (Phi) is 34.6. The average molecular weight is 755 g/mol. The highest BCUT2D eigenvalue weighted by Crippen LogP contribution is 2.36. The molecule has 0 aliphatic carbocycles. The molecular weight excluding hydrogens is 679 g/mol. The number of phosphoric acid groups is 1. The van der Waals surface area contributed by atoms with Crippen molar-refractivity contribution in [2.45, 2.75) is 187 Å². The lowest BCUT2D eigenvalue weighted by atomic mass is 10.0. The normalized spacial score (nSPS) is 13.7. The molecule has 0 fully saturated rings. The Labute approximate surface area is 317 Å². The van der Waals surface area contributed by atoms with Crippen LogP contribution in [0.15, 0.2) is 48.6 Å². The number of rotatable bonds is 36. The summed E-state index contributed by atoms with van der Waals surface area (Å²) < 4.78 is 26.3. The van der Waals surface area contributed by atoms with Crippen LogP contribution >= 0.6 is 7.82 Å². The number of aliphatic hydroxyl groups is 1. The van der Waals surface area contributed by atoms with Crippen LogP contribution in [0.3, 0.4) is 0 Å². The van der Waals surface area contributed by atoms with Gasteiger partial charge in [-0.05, 0) is 44.4 Å². The monoisotopic (exact) mass is 755 g/mol. The number of esters is 2. The molecule has 2 atom stereocenters. The molecule has 0 unspecified atom stereocenters. The van der Waals surface area contributed by atoms with Gasteiger partial charge in [0.2, 0.25) is 0 Å². The zero-order chi connectivity index (χ0) is 38.5. The van der Waals surface area contributed by atoms with Crippen LogP contribution in [-0.4, -0.2) is 52.3 Å². The first-order valence-electron chi connectivity index (χ1n) is 20.4. The van der Waals surface area contributed by atoms with Gasteiger partial charge in [0.1, 0.15) is 6.61 Å². The van der Waals surface area contributed by atoms with Gasteiger partial charge in [0, 0.05) is 12.8 Å². The number of allylic oxidation sites excluding steroid dienone is 7. The van der Waals surface area contributed by atoms with E-state index in [9.17, 15) is 19.3 Å². The van der Waals surface area contributed by atoms with E-state index >= 15 is 0 Å². The molecule has 0 spiro atoms. The first kappa shape index (κ1) is 50.0. The number of unbranched alkanes of at least 4 members (excludes halogenated alkanes) is 15. The second-order valence-electron chi connectivity index (χ2n) is 14.3. The summed E-state index contributed by atoms with van der Waals surface area (Å²) in [5, 5.41) is 9.86. The fraction of sp³-hybridized carbons (Fsp3) is 0.762. The first-order valence-corrected chi connectivity index (χ1v) is 21.9. The molecule has 9 nitrogen and oxygen atoms in total. The third kappa shape index (κ3) is 39.2. The molecule has 0 heterocycles. The third-order valence-electron chi connectivity index (χ3n) is 8.63. The second kappa shape index (κ2) is 36.0. The first-order chi connectivity index (χ1) is 25.0. The fourth-order valence-corrected chi connectivity index (χ4v) is 5.90. The van der Waals surface area contributed by atoms with E-state index < -0.39 is 32.5 Å². The maximum absolute atomic E-state index is 12.4. The Bertz CT molecular complexity index is 1010. The highest BCUT2D eigenvalue weighted by molar-refractivity contribution is 7.46. The summed E-state index contributed by atoms with van der Waals surface area (Å²) in [5.41, 5.74) is 0. The van der Waals surface area contributed by atoms with Crippen LogP contribution in [0, 0.1) is 5.92 Å². The minimum Gasteiger partial charge on any atom is -0.462 e. The number of hydrogen-bond acceptors (Lipinski definition) is 7. The van der Waals surface area contributed by atoms with Crippen molar-refractivity contribution in [3.63, 3.8) is 0 Å². The van der Waals surface area contributed by atoms with Crippen LogP contribution in [0.2, 0.25) is 0 Å². The van der Waals surface area contributed by atoms with E-state index in [0.717, 1.165) is 63.7 Å². The minimum atomic E-state index is -4.77. The summed E-state index contributed by atoms with van der Waals surface area (Å²) in [6.45, 7) is 5.84. The zero-order valence-electron chi connectivity index (χ0n) is 33.0. The third-order valence-corrected chi connectivity index (χ3v) is 9.12. The molecule has 0 aromatic rings. The Morgan fingerprint density at radius 3 is 1.77 bits per heavy atom. The van der Waals surface area contributed by atoms with Gasteiger partial charge in [0.15, 0.2) is 6.10 Å². The van der Waals surface area contributed by atoms with E-state index in [1.54, 1.807) is 0 Å². The van der Waals surface area contributed by atoms with E-state index in [-0.39, 0.29) is 25.6 Å². The number of hydrogen-bond donors (Lipinski definition) is 3. The number of carbonyl (C=O) groups excluding carboxylic acids is 2. The zero-order valence-corrected chi connectivity index (χ0v) is 33.9. The average Bonchev–Trinajstić information content (AvgIpc) is 3.09. The van der Waals surface area contributed by atoms with Crippen molar-refractivity contribution in [1.29, 1.82) is 0 Å². The summed E-state index contributed by atoms with van der Waals surface area (Å²) in [4.78, 5) is 42.8. The van der Waals surface area contributed by atoms with Crippen LogP contribution in [0.1, 0.15) is 175 Å². The van der Waals surface area contributed by atoms with Gasteiger partial charge in [0.25, 0.3) is 0 Å². The van der Waals surface area contributed by atoms with E-state index in [4.69, 9.17) is 19.3 Å². The van der Waals surface area contributed by atoms with Crippen molar-refractivity contribution in [3.05, 3.63) is 48.6 Å². The standard InChI is InChI=1S/C42H75O9P/c1-4-5-26-32-39(43)33-28-23-19-15-11-9-13-16-20-24-29-34-41(44)49-36-40(37-50-52(46,47)48)51-42(45)35-30-25-21-17-12-8-6-7-10-14-18-22-27-31-38(2)3/h9,11,16,19-20,23,28,33,38-40,43H,4-8,10,12-15,17-18,21-22,24-27,29-32,34-37H2,1-3H3,(H2,46,47,48)/b11-9-,20-16-,23-19-,33-28+/t39-,40-/m1/s1. The number of phosphoric ester groups is 1. The summed E-state index contributed by atoms with van der Waals surface area (Å²) >= 11 is 0. The molecule has 302 valence electrons. The fourth-order valence-electron chi connectivity index (χ4n) is 5.54. The predicted octanol–water partition coefficient (Wildman–Crippen LogP) is 11.2. The number of carbonyl (C=O) groups is 2. The van der Waals surface area contributed by atoms with Crippen LogP contribution in [0.5, 0.6) is 0 Å². The van der Waals surface area contributed by atoms with Crippen LogP contribution in [-0.2, 0) is 28.2 Å². The van der Waals surface area contributed by atoms with Crippen molar-refractivity contribution in [3.8, 4) is 0 Å². The van der Waals surface area contributed by atoms with E-state index in [1.807, 2.05) is 36.5 Å². The number of aliphatic hydroxyl groups excluding tert-OH is 1. The Balaban J connectivity index is 4.07. The maximum Gasteiger partial charge on any atom is 0.469 e. The highest BCUT2D eigenvalue weighted by atomic mass is 31.2. The van der Waals surface area contributed by atoms with Gasteiger partial charge in [-0.2, -0.15) is 0 Å². The molecule has 0 aliphatic rings. The van der Waals surface area contributed by atoms with Gasteiger partial charge in [0.05, 0.1) is 12.7 Å². The van der Waals surface area contributed by atoms with Gasteiger partial charge in [-0.1, -0.05) is 172 Å². The summed E-state index contributed by atoms with van der Waals surface area (Å²) in [6.07, 6.45) is 38.8. The molecule has 0 saturated heterocycles. The SMILES string of the molecule is CCCCC[C@@H](O)/C=C/C=C\C/C=C\C/C=C\CCCC(=O)OC[C@H](COP(=O)(O)O)OC(=O)CCCCCCCCCCCCCCCC(C)C. The largest absolute Gasteiger partial charge is 0.469 e. The molecular formula is C42H75O9P. The van der Waals surface area contributed by atoms with Gasteiger partial charge >= 0.3 is 19.8 Å². The second-order valence-corrected chi connectivity index (χ2v) is 15.5. The lowest BCUT2D eigenvalue weighted by molar-refractivity contribution is -0.161. The van der Waals surface area contributed by atoms with Crippen molar-refractivity contribution in [2.24, 2.45) is 5.92 Å². The van der Waals surface area contributed by atoms with Gasteiger partial charge in [-0.3, -0.25) is 14.1 Å². The topological polar surface area (TPSA) is 140 Å². The van der Waals surface area contributed by atoms with E-state index in [2.05, 4.69) is 37.4 Å². The molecule has 0 amide bonds. The Morgan fingerprint density at radius 1 is 0.635 bits per heavy atom. The molecule has 0 bridgehead atoms. The Hall–Kier alpha value is -2.03. The van der Waals surface area contributed by atoms with Crippen LogP contribution < -0.4 is 0 Å². The van der Waals surface area contributed by atoms with Gasteiger partial charge in [-0.25, -0.2) is 4.57 Å². The smallest absolute Gasteiger partial charge is 0.462 e. The van der Waals surface area contributed by atoms with Crippen molar-refractivity contribution < 1.29 is 43.0 Å². The number of ether oxygens (including phenoxy) is 2. The molecule has 0 aromatic carbocycles. The summed E-state index contributed by atoms with van der Waals surface area (Å²) in [5.74, 6) is -0.159. The molecule has 0 saturated carbocycles. The van der Waals surface area contributed by atoms with Crippen molar-refractivity contribution in [1.82, 2.24) is 0 Å². The van der Waals surface area contributed by atoms with Crippen molar-refractivity contribution in [2.75, 3.05) is 13.2 Å². The minimum absolute atomic E-state index is 0.171. The lowest BCUT2D eigenvalue weighted by Gasteiger charge is -2.18.